The van der Waals surface area contributed by atoms with Crippen molar-refractivity contribution >= 4 is 31.6 Å². The summed E-state index contributed by atoms with van der Waals surface area (Å²) >= 11 is 5.74. The summed E-state index contributed by atoms with van der Waals surface area (Å²) in [7, 11) is -7.61. The summed E-state index contributed by atoms with van der Waals surface area (Å²) in [5.74, 6) is 0. The van der Waals surface area contributed by atoms with Crippen LogP contribution in [-0.4, -0.2) is 16.8 Å². The summed E-state index contributed by atoms with van der Waals surface area (Å²) < 4.78 is 49.9. The maximum absolute atomic E-state index is 12.3. The molecule has 0 aromatic heterocycles. The van der Waals surface area contributed by atoms with Gasteiger partial charge in [-0.2, -0.15) is 0 Å². The van der Waals surface area contributed by atoms with Gasteiger partial charge in [0.2, 0.25) is 20.0 Å². The summed E-state index contributed by atoms with van der Waals surface area (Å²) in [6.07, 6.45) is 0. The van der Waals surface area contributed by atoms with E-state index in [0.29, 0.717) is 10.6 Å². The van der Waals surface area contributed by atoms with E-state index < -0.39 is 26.1 Å². The van der Waals surface area contributed by atoms with Crippen LogP contribution < -0.4 is 9.86 Å². The van der Waals surface area contributed by atoms with Gasteiger partial charge in [0.05, 0.1) is 9.79 Å². The molecule has 6 nitrogen and oxygen atoms in total. The molecule has 2 aromatic carbocycles. The number of halogens is 1. The minimum atomic E-state index is -3.85. The molecule has 0 aliphatic rings. The zero-order valence-corrected chi connectivity index (χ0v) is 14.5. The summed E-state index contributed by atoms with van der Waals surface area (Å²) in [5, 5.41) is 5.51. The number of nitrogens with one attached hydrogen (secondary N) is 1. The van der Waals surface area contributed by atoms with E-state index >= 15 is 0 Å². The Kier molecular flexibility index (Phi) is 5.12. The van der Waals surface area contributed by atoms with Gasteiger partial charge in [0.15, 0.2) is 0 Å². The van der Waals surface area contributed by atoms with Crippen LogP contribution in [0.5, 0.6) is 0 Å². The van der Waals surface area contributed by atoms with Crippen LogP contribution in [0.25, 0.3) is 0 Å². The standard InChI is InChI=1S/C14H15ClN2O4S2/c1-10(11-3-2-4-14(9-11)22(16,18)19)17-23(20,21)13-7-5-12(15)6-8-13/h2-10,17H,1H3,(H2,16,18,19). The van der Waals surface area contributed by atoms with Crippen molar-refractivity contribution in [3.8, 4) is 0 Å². The van der Waals surface area contributed by atoms with E-state index in [1.807, 2.05) is 0 Å². The predicted molar refractivity (Wildman–Crippen MR) is 88.0 cm³/mol. The Bertz CT molecular complexity index is 910. The number of benzene rings is 2. The van der Waals surface area contributed by atoms with E-state index in [4.69, 9.17) is 16.7 Å². The van der Waals surface area contributed by atoms with Crippen LogP contribution >= 0.6 is 11.6 Å². The molecular formula is C14H15ClN2O4S2. The van der Waals surface area contributed by atoms with E-state index in [1.54, 1.807) is 13.0 Å². The van der Waals surface area contributed by atoms with Crippen LogP contribution in [-0.2, 0) is 20.0 Å². The lowest BCUT2D eigenvalue weighted by Gasteiger charge is -2.15. The number of sulfonamides is 2. The molecule has 0 radical (unpaired) electrons. The molecule has 2 rings (SSSR count). The SMILES string of the molecule is CC(NS(=O)(=O)c1ccc(Cl)cc1)c1cccc(S(N)(=O)=O)c1. The normalized spacial score (nSPS) is 13.7. The molecule has 0 heterocycles. The molecule has 1 unspecified atom stereocenters. The Labute approximate surface area is 140 Å². The van der Waals surface area contributed by atoms with E-state index in [1.165, 1.54) is 42.5 Å². The highest BCUT2D eigenvalue weighted by Crippen LogP contribution is 2.20. The molecule has 0 aliphatic heterocycles. The Balaban J connectivity index is 2.28. The molecule has 0 aliphatic carbocycles. The van der Waals surface area contributed by atoms with Gasteiger partial charge in [-0.1, -0.05) is 23.7 Å². The smallest absolute Gasteiger partial charge is 0.225 e. The molecule has 0 fully saturated rings. The second-order valence-electron chi connectivity index (χ2n) is 4.91. The molecule has 124 valence electrons. The minimum absolute atomic E-state index is 0.0661. The van der Waals surface area contributed by atoms with E-state index in [0.717, 1.165) is 0 Å². The summed E-state index contributed by atoms with van der Waals surface area (Å²) in [4.78, 5) is -0.0103. The largest absolute Gasteiger partial charge is 0.241 e. The molecule has 1 atom stereocenters. The quantitative estimate of drug-likeness (QED) is 0.834. The molecular weight excluding hydrogens is 360 g/mol. The topological polar surface area (TPSA) is 106 Å². The summed E-state index contributed by atoms with van der Waals surface area (Å²) in [6, 6.07) is 10.9. The van der Waals surface area contributed by atoms with Crippen molar-refractivity contribution < 1.29 is 16.8 Å². The first-order chi connectivity index (χ1) is 10.6. The third kappa shape index (κ3) is 4.52. The lowest BCUT2D eigenvalue weighted by molar-refractivity contribution is 0.566. The molecule has 0 amide bonds. The number of nitrogens with two attached hydrogens (primary N) is 1. The fourth-order valence-electron chi connectivity index (χ4n) is 1.94. The molecule has 9 heteroatoms. The molecule has 0 saturated heterocycles. The molecule has 3 N–H and O–H groups in total. The maximum atomic E-state index is 12.3. The van der Waals surface area contributed by atoms with Crippen LogP contribution in [0, 0.1) is 0 Å². The molecule has 2 aromatic rings. The van der Waals surface area contributed by atoms with Gasteiger partial charge in [0.1, 0.15) is 0 Å². The number of primary sulfonamides is 1. The molecule has 0 saturated carbocycles. The number of hydrogen-bond donors (Lipinski definition) is 2. The fourth-order valence-corrected chi connectivity index (χ4v) is 3.87. The van der Waals surface area contributed by atoms with Crippen LogP contribution in [0.15, 0.2) is 58.3 Å². The average molecular weight is 375 g/mol. The van der Waals surface area contributed by atoms with Gasteiger partial charge < -0.3 is 0 Å². The highest BCUT2D eigenvalue weighted by atomic mass is 35.5. The van der Waals surface area contributed by atoms with Crippen molar-refractivity contribution in [2.75, 3.05) is 0 Å². The van der Waals surface area contributed by atoms with E-state index in [2.05, 4.69) is 4.72 Å². The second-order valence-corrected chi connectivity index (χ2v) is 8.63. The van der Waals surface area contributed by atoms with E-state index in [9.17, 15) is 16.8 Å². The first-order valence-corrected chi connectivity index (χ1v) is 9.91. The Morgan fingerprint density at radius 2 is 1.61 bits per heavy atom. The van der Waals surface area contributed by atoms with Crippen LogP contribution in [0.3, 0.4) is 0 Å². The van der Waals surface area contributed by atoms with Gasteiger partial charge in [-0.3, -0.25) is 0 Å². The van der Waals surface area contributed by atoms with Crippen molar-refractivity contribution in [1.29, 1.82) is 0 Å². The van der Waals surface area contributed by atoms with Crippen molar-refractivity contribution in [2.24, 2.45) is 5.14 Å². The third-order valence-corrected chi connectivity index (χ3v) is 5.86. The number of rotatable bonds is 5. The molecule has 0 spiro atoms. The van der Waals surface area contributed by atoms with Crippen LogP contribution in [0.2, 0.25) is 5.02 Å². The van der Waals surface area contributed by atoms with Gasteiger partial charge in [0.25, 0.3) is 0 Å². The van der Waals surface area contributed by atoms with Crippen LogP contribution in [0.1, 0.15) is 18.5 Å². The Hall–Kier alpha value is -1.45. The maximum Gasteiger partial charge on any atom is 0.241 e. The first kappa shape index (κ1) is 17.9. The molecule has 23 heavy (non-hydrogen) atoms. The van der Waals surface area contributed by atoms with Gasteiger partial charge in [0, 0.05) is 11.1 Å². The predicted octanol–water partition coefficient (Wildman–Crippen LogP) is 2.03. The average Bonchev–Trinajstić information content (AvgIpc) is 2.46. The van der Waals surface area contributed by atoms with Gasteiger partial charge in [-0.05, 0) is 48.9 Å². The highest BCUT2D eigenvalue weighted by Gasteiger charge is 2.19. The lowest BCUT2D eigenvalue weighted by Crippen LogP contribution is -2.27. The Morgan fingerprint density at radius 3 is 2.17 bits per heavy atom. The zero-order chi connectivity index (χ0) is 17.3. The molecule has 0 bridgehead atoms. The lowest BCUT2D eigenvalue weighted by atomic mass is 10.1. The van der Waals surface area contributed by atoms with Gasteiger partial charge in [-0.15, -0.1) is 0 Å². The monoisotopic (exact) mass is 374 g/mol. The Morgan fingerprint density at radius 1 is 1.00 bits per heavy atom. The summed E-state index contributed by atoms with van der Waals surface area (Å²) in [5.41, 5.74) is 0.481. The number of hydrogen-bond acceptors (Lipinski definition) is 4. The fraction of sp³-hybridized carbons (Fsp3) is 0.143. The van der Waals surface area contributed by atoms with Crippen molar-refractivity contribution in [3.05, 3.63) is 59.1 Å². The van der Waals surface area contributed by atoms with Gasteiger partial charge in [-0.25, -0.2) is 26.7 Å². The first-order valence-electron chi connectivity index (χ1n) is 6.50. The van der Waals surface area contributed by atoms with Crippen molar-refractivity contribution in [2.45, 2.75) is 22.8 Å². The second kappa shape index (κ2) is 6.58. The minimum Gasteiger partial charge on any atom is -0.225 e. The van der Waals surface area contributed by atoms with Crippen LogP contribution in [0.4, 0.5) is 0 Å². The zero-order valence-electron chi connectivity index (χ0n) is 12.1. The third-order valence-electron chi connectivity index (χ3n) is 3.14. The summed E-state index contributed by atoms with van der Waals surface area (Å²) in [6.45, 7) is 1.61. The highest BCUT2D eigenvalue weighted by molar-refractivity contribution is 7.89. The van der Waals surface area contributed by atoms with Crippen molar-refractivity contribution in [3.63, 3.8) is 0 Å². The van der Waals surface area contributed by atoms with Crippen molar-refractivity contribution in [1.82, 2.24) is 4.72 Å². The van der Waals surface area contributed by atoms with E-state index in [-0.39, 0.29) is 9.79 Å². The van der Waals surface area contributed by atoms with Gasteiger partial charge >= 0.3 is 0 Å².